The van der Waals surface area contributed by atoms with Crippen LogP contribution in [0.25, 0.3) is 11.3 Å². The molecule has 0 bridgehead atoms. The van der Waals surface area contributed by atoms with Crippen molar-refractivity contribution in [1.82, 2.24) is 4.98 Å². The third-order valence-corrected chi connectivity index (χ3v) is 5.17. The van der Waals surface area contributed by atoms with Crippen LogP contribution in [0.15, 0.2) is 35.7 Å². The monoisotopic (exact) mass is 427 g/mol. The Hall–Kier alpha value is -3.46. The highest BCUT2D eigenvalue weighted by Gasteiger charge is 2.25. The quantitative estimate of drug-likeness (QED) is 0.421. The molecule has 8 nitrogen and oxygen atoms in total. The molecule has 3 aromatic rings. The molecular weight excluding hydrogens is 406 g/mol. The maximum atomic E-state index is 12.8. The number of hydrogen-bond acceptors (Lipinski definition) is 7. The number of thiazole rings is 1. The molecule has 0 saturated heterocycles. The van der Waals surface area contributed by atoms with Crippen molar-refractivity contribution in [2.45, 2.75) is 20.8 Å². The molecule has 9 heteroatoms. The largest absolute Gasteiger partial charge is 0.493 e. The Labute approximate surface area is 177 Å². The van der Waals surface area contributed by atoms with E-state index in [1.165, 1.54) is 30.6 Å². The van der Waals surface area contributed by atoms with E-state index in [9.17, 15) is 14.9 Å². The number of nitro groups is 1. The van der Waals surface area contributed by atoms with E-state index in [0.717, 1.165) is 22.4 Å². The molecule has 1 heterocycles. The van der Waals surface area contributed by atoms with Crippen LogP contribution in [-0.4, -0.2) is 29.5 Å². The summed E-state index contributed by atoms with van der Waals surface area (Å²) in [6, 6.07) is 8.56. The zero-order chi connectivity index (χ0) is 21.8. The molecule has 0 atom stereocenters. The molecule has 0 aliphatic carbocycles. The average Bonchev–Trinajstić information content (AvgIpc) is 3.17. The summed E-state index contributed by atoms with van der Waals surface area (Å²) in [6.45, 7) is 6.04. The number of rotatable bonds is 7. The first-order valence-corrected chi connectivity index (χ1v) is 10.1. The van der Waals surface area contributed by atoms with Gasteiger partial charge in [-0.3, -0.25) is 20.2 Å². The highest BCUT2D eigenvalue weighted by Crippen LogP contribution is 2.35. The molecule has 0 radical (unpaired) electrons. The molecule has 156 valence electrons. The van der Waals surface area contributed by atoms with E-state index in [0.29, 0.717) is 11.7 Å². The smallest absolute Gasteiger partial charge is 0.286 e. The van der Waals surface area contributed by atoms with Gasteiger partial charge in [0, 0.05) is 17.0 Å². The van der Waals surface area contributed by atoms with Crippen molar-refractivity contribution in [2.75, 3.05) is 19.0 Å². The van der Waals surface area contributed by atoms with Crippen LogP contribution in [0.5, 0.6) is 11.5 Å². The van der Waals surface area contributed by atoms with Crippen LogP contribution in [0.3, 0.4) is 0 Å². The third kappa shape index (κ3) is 4.41. The van der Waals surface area contributed by atoms with Gasteiger partial charge in [-0.05, 0) is 32.4 Å². The molecule has 30 heavy (non-hydrogen) atoms. The number of benzene rings is 2. The van der Waals surface area contributed by atoms with Gasteiger partial charge >= 0.3 is 0 Å². The Morgan fingerprint density at radius 2 is 2.00 bits per heavy atom. The van der Waals surface area contributed by atoms with Crippen molar-refractivity contribution in [3.63, 3.8) is 0 Å². The molecule has 1 amide bonds. The lowest BCUT2D eigenvalue weighted by Gasteiger charge is -2.11. The van der Waals surface area contributed by atoms with Crippen LogP contribution in [0.2, 0.25) is 0 Å². The maximum absolute atomic E-state index is 12.8. The number of hydrogen-bond donors (Lipinski definition) is 1. The maximum Gasteiger partial charge on any atom is 0.286 e. The summed E-state index contributed by atoms with van der Waals surface area (Å²) >= 11 is 1.25. The van der Waals surface area contributed by atoms with E-state index in [2.05, 4.69) is 10.3 Å². The molecule has 0 aliphatic heterocycles. The summed E-state index contributed by atoms with van der Waals surface area (Å²) in [5, 5.41) is 16.3. The minimum Gasteiger partial charge on any atom is -0.493 e. The standard InChI is InChI=1S/C21H21N3O5S/c1-5-29-19-10-17(24(26)27)15(9-18(19)28-4)20(25)23-21-22-16(11-30-21)14-8-12(2)6-7-13(14)3/h6-11H,5H2,1-4H3,(H,22,23,25). The minimum atomic E-state index is -0.648. The van der Waals surface area contributed by atoms with Gasteiger partial charge in [0.05, 0.1) is 30.4 Å². The van der Waals surface area contributed by atoms with E-state index in [4.69, 9.17) is 9.47 Å². The van der Waals surface area contributed by atoms with E-state index in [1.54, 1.807) is 6.92 Å². The van der Waals surface area contributed by atoms with Crippen LogP contribution in [0.4, 0.5) is 10.8 Å². The molecule has 1 aromatic heterocycles. The van der Waals surface area contributed by atoms with Crippen molar-refractivity contribution in [3.8, 4) is 22.8 Å². The third-order valence-electron chi connectivity index (χ3n) is 4.42. The lowest BCUT2D eigenvalue weighted by atomic mass is 10.0. The van der Waals surface area contributed by atoms with E-state index in [1.807, 2.05) is 37.4 Å². The van der Waals surface area contributed by atoms with Gasteiger partial charge in [0.1, 0.15) is 5.56 Å². The molecule has 0 spiro atoms. The van der Waals surface area contributed by atoms with E-state index < -0.39 is 10.8 Å². The van der Waals surface area contributed by atoms with Gasteiger partial charge in [0.25, 0.3) is 11.6 Å². The van der Waals surface area contributed by atoms with E-state index >= 15 is 0 Å². The van der Waals surface area contributed by atoms with Crippen molar-refractivity contribution in [3.05, 3.63) is 62.5 Å². The summed E-state index contributed by atoms with van der Waals surface area (Å²) in [5.41, 5.74) is 3.37. The summed E-state index contributed by atoms with van der Waals surface area (Å²) in [5.74, 6) is -0.206. The van der Waals surface area contributed by atoms with Crippen molar-refractivity contribution >= 4 is 28.1 Å². The Morgan fingerprint density at radius 3 is 2.67 bits per heavy atom. The van der Waals surface area contributed by atoms with Crippen molar-refractivity contribution in [2.24, 2.45) is 0 Å². The fraction of sp³-hybridized carbons (Fsp3) is 0.238. The molecule has 0 unspecified atom stereocenters. The van der Waals surface area contributed by atoms with Gasteiger partial charge in [0.15, 0.2) is 16.6 Å². The van der Waals surface area contributed by atoms with Gasteiger partial charge in [-0.1, -0.05) is 17.7 Å². The van der Waals surface area contributed by atoms with Gasteiger partial charge in [0.2, 0.25) is 0 Å². The summed E-state index contributed by atoms with van der Waals surface area (Å²) in [7, 11) is 1.41. The lowest BCUT2D eigenvalue weighted by molar-refractivity contribution is -0.385. The average molecular weight is 427 g/mol. The van der Waals surface area contributed by atoms with Crippen LogP contribution < -0.4 is 14.8 Å². The molecule has 0 fully saturated rings. The highest BCUT2D eigenvalue weighted by molar-refractivity contribution is 7.14. The SMILES string of the molecule is CCOc1cc([N+](=O)[O-])c(C(=O)Nc2nc(-c3cc(C)ccc3C)cs2)cc1OC. The first-order valence-electron chi connectivity index (χ1n) is 9.17. The molecule has 2 aromatic carbocycles. The first-order chi connectivity index (χ1) is 14.3. The van der Waals surface area contributed by atoms with Gasteiger partial charge in [-0.25, -0.2) is 4.98 Å². The Morgan fingerprint density at radius 1 is 1.23 bits per heavy atom. The second-order valence-electron chi connectivity index (χ2n) is 6.52. The predicted molar refractivity (Wildman–Crippen MR) is 116 cm³/mol. The van der Waals surface area contributed by atoms with Gasteiger partial charge < -0.3 is 9.47 Å². The predicted octanol–water partition coefficient (Wildman–Crippen LogP) is 4.99. The topological polar surface area (TPSA) is 104 Å². The van der Waals surface area contributed by atoms with Crippen LogP contribution in [0, 0.1) is 24.0 Å². The minimum absolute atomic E-state index is 0.135. The number of nitro benzene ring substituents is 1. The van der Waals surface area contributed by atoms with Gasteiger partial charge in [-0.2, -0.15) is 0 Å². The zero-order valence-electron chi connectivity index (χ0n) is 17.0. The van der Waals surface area contributed by atoms with Gasteiger partial charge in [-0.15, -0.1) is 11.3 Å². The summed E-state index contributed by atoms with van der Waals surface area (Å²) < 4.78 is 10.6. The summed E-state index contributed by atoms with van der Waals surface area (Å²) in [6.07, 6.45) is 0. The van der Waals surface area contributed by atoms with Crippen molar-refractivity contribution in [1.29, 1.82) is 0 Å². The number of carbonyl (C=O) groups is 1. The van der Waals surface area contributed by atoms with E-state index in [-0.39, 0.29) is 22.7 Å². The number of nitrogens with zero attached hydrogens (tertiary/aromatic N) is 2. The fourth-order valence-electron chi connectivity index (χ4n) is 2.94. The number of nitrogens with one attached hydrogen (secondary N) is 1. The molecule has 0 saturated carbocycles. The second-order valence-corrected chi connectivity index (χ2v) is 7.38. The second kappa shape index (κ2) is 8.91. The lowest BCUT2D eigenvalue weighted by Crippen LogP contribution is -2.14. The number of ether oxygens (including phenoxy) is 2. The number of methoxy groups -OCH3 is 1. The summed E-state index contributed by atoms with van der Waals surface area (Å²) in [4.78, 5) is 28.2. The highest BCUT2D eigenvalue weighted by atomic mass is 32.1. The number of amides is 1. The number of carbonyl (C=O) groups excluding carboxylic acids is 1. The molecule has 3 rings (SSSR count). The van der Waals surface area contributed by atoms with Crippen molar-refractivity contribution < 1.29 is 19.2 Å². The normalized spacial score (nSPS) is 10.5. The first kappa shape index (κ1) is 21.3. The Bertz CT molecular complexity index is 1110. The van der Waals surface area contributed by atoms with Crippen LogP contribution in [-0.2, 0) is 0 Å². The number of aromatic nitrogens is 1. The molecule has 0 aliphatic rings. The Balaban J connectivity index is 1.92. The molecular formula is C21H21N3O5S. The number of aryl methyl sites for hydroxylation is 2. The van der Waals surface area contributed by atoms with Crippen LogP contribution >= 0.6 is 11.3 Å². The Kier molecular flexibility index (Phi) is 6.31. The number of anilines is 1. The molecule has 1 N–H and O–H groups in total. The zero-order valence-corrected chi connectivity index (χ0v) is 17.8. The fourth-order valence-corrected chi connectivity index (χ4v) is 3.65. The van der Waals surface area contributed by atoms with Crippen LogP contribution in [0.1, 0.15) is 28.4 Å².